The maximum atomic E-state index is 12.4. The van der Waals surface area contributed by atoms with Gasteiger partial charge in [-0.15, -0.1) is 0 Å². The molecule has 1 heterocycles. The van der Waals surface area contributed by atoms with Gasteiger partial charge in [0.1, 0.15) is 5.75 Å². The van der Waals surface area contributed by atoms with E-state index in [0.717, 1.165) is 31.6 Å². The van der Waals surface area contributed by atoms with Crippen LogP contribution in [0.3, 0.4) is 0 Å². The third kappa shape index (κ3) is 6.58. The van der Waals surface area contributed by atoms with E-state index in [4.69, 9.17) is 16.3 Å². The van der Waals surface area contributed by atoms with Gasteiger partial charge in [0.25, 0.3) is 0 Å². The zero-order valence-electron chi connectivity index (χ0n) is 14.8. The summed E-state index contributed by atoms with van der Waals surface area (Å²) in [5, 5.41) is 3.60. The Kier molecular flexibility index (Phi) is 8.06. The van der Waals surface area contributed by atoms with Crippen LogP contribution >= 0.6 is 11.6 Å². The average Bonchev–Trinajstić information content (AvgIpc) is 2.64. The van der Waals surface area contributed by atoms with E-state index in [0.29, 0.717) is 37.6 Å². The lowest BCUT2D eigenvalue weighted by Crippen LogP contribution is -2.45. The van der Waals surface area contributed by atoms with Crippen molar-refractivity contribution in [3.8, 4) is 5.75 Å². The highest BCUT2D eigenvalue weighted by molar-refractivity contribution is 6.30. The number of amides is 2. The summed E-state index contributed by atoms with van der Waals surface area (Å²) in [4.78, 5) is 26.3. The molecule has 1 saturated heterocycles. The number of hydrogen-bond acceptors (Lipinski definition) is 3. The first-order valence-corrected chi connectivity index (χ1v) is 9.41. The summed E-state index contributed by atoms with van der Waals surface area (Å²) in [6.45, 7) is 4.50. The number of carbonyl (C=O) groups is 2. The van der Waals surface area contributed by atoms with Crippen LogP contribution in [-0.4, -0.2) is 43.0 Å². The van der Waals surface area contributed by atoms with Crippen molar-refractivity contribution < 1.29 is 14.3 Å². The Hall–Kier alpha value is -1.75. The summed E-state index contributed by atoms with van der Waals surface area (Å²) < 4.78 is 5.61. The number of carbonyl (C=O) groups excluding carboxylic acids is 2. The molecule has 1 aliphatic rings. The third-order valence-electron chi connectivity index (χ3n) is 4.31. The van der Waals surface area contributed by atoms with Crippen molar-refractivity contribution in [2.75, 3.05) is 26.2 Å². The Labute approximate surface area is 154 Å². The van der Waals surface area contributed by atoms with Crippen LogP contribution in [0.2, 0.25) is 5.02 Å². The van der Waals surface area contributed by atoms with Gasteiger partial charge in [0, 0.05) is 31.1 Å². The second-order valence-corrected chi connectivity index (χ2v) is 6.81. The lowest BCUT2D eigenvalue weighted by molar-refractivity contribution is -0.135. The molecule has 1 fully saturated rings. The van der Waals surface area contributed by atoms with Crippen molar-refractivity contribution in [3.63, 3.8) is 0 Å². The Bertz CT molecular complexity index is 562. The van der Waals surface area contributed by atoms with Crippen molar-refractivity contribution in [2.24, 2.45) is 5.92 Å². The number of likely N-dealkylation sites (tertiary alicyclic amines) is 1. The first kappa shape index (κ1) is 19.6. The van der Waals surface area contributed by atoms with Crippen molar-refractivity contribution in [3.05, 3.63) is 29.3 Å². The van der Waals surface area contributed by atoms with Crippen LogP contribution in [-0.2, 0) is 9.59 Å². The van der Waals surface area contributed by atoms with Crippen LogP contribution in [0.1, 0.15) is 39.0 Å². The lowest BCUT2D eigenvalue weighted by Gasteiger charge is -2.32. The predicted octanol–water partition coefficient (Wildman–Crippen LogP) is 3.26. The predicted molar refractivity (Wildman–Crippen MR) is 98.8 cm³/mol. The van der Waals surface area contributed by atoms with Crippen molar-refractivity contribution in [1.29, 1.82) is 0 Å². The minimum Gasteiger partial charge on any atom is -0.494 e. The molecule has 25 heavy (non-hydrogen) atoms. The fourth-order valence-corrected chi connectivity index (χ4v) is 3.04. The third-order valence-corrected chi connectivity index (χ3v) is 4.56. The van der Waals surface area contributed by atoms with Gasteiger partial charge < -0.3 is 15.0 Å². The van der Waals surface area contributed by atoms with E-state index < -0.39 is 0 Å². The van der Waals surface area contributed by atoms with Crippen molar-refractivity contribution in [2.45, 2.75) is 39.0 Å². The molecule has 6 heteroatoms. The Morgan fingerprint density at radius 2 is 2.08 bits per heavy atom. The van der Waals surface area contributed by atoms with Crippen molar-refractivity contribution in [1.82, 2.24) is 10.2 Å². The number of ether oxygens (including phenoxy) is 1. The van der Waals surface area contributed by atoms with E-state index in [1.807, 2.05) is 24.0 Å². The van der Waals surface area contributed by atoms with Gasteiger partial charge in [0.05, 0.1) is 12.5 Å². The number of halogens is 1. The van der Waals surface area contributed by atoms with Crippen LogP contribution in [0, 0.1) is 5.92 Å². The molecule has 1 atom stereocenters. The first-order valence-electron chi connectivity index (χ1n) is 9.04. The minimum atomic E-state index is -0.0745. The Balaban J connectivity index is 1.69. The Morgan fingerprint density at radius 3 is 2.80 bits per heavy atom. The normalized spacial score (nSPS) is 17.2. The molecule has 1 aromatic rings. The molecule has 0 bridgehead atoms. The highest BCUT2D eigenvalue weighted by atomic mass is 35.5. The van der Waals surface area contributed by atoms with Crippen LogP contribution in [0.25, 0.3) is 0 Å². The number of rotatable bonds is 8. The molecular weight excluding hydrogens is 340 g/mol. The molecule has 1 aromatic carbocycles. The van der Waals surface area contributed by atoms with E-state index in [2.05, 4.69) is 5.32 Å². The fraction of sp³-hybridized carbons (Fsp3) is 0.579. The van der Waals surface area contributed by atoms with Gasteiger partial charge in [-0.2, -0.15) is 0 Å². The van der Waals surface area contributed by atoms with E-state index in [1.165, 1.54) is 0 Å². The van der Waals surface area contributed by atoms with Gasteiger partial charge in [-0.1, -0.05) is 18.5 Å². The van der Waals surface area contributed by atoms with Gasteiger partial charge in [0.2, 0.25) is 11.8 Å². The van der Waals surface area contributed by atoms with Crippen LogP contribution in [0.5, 0.6) is 5.75 Å². The van der Waals surface area contributed by atoms with Gasteiger partial charge >= 0.3 is 0 Å². The molecule has 2 amide bonds. The second-order valence-electron chi connectivity index (χ2n) is 6.38. The molecule has 0 spiro atoms. The largest absolute Gasteiger partial charge is 0.494 e. The maximum Gasteiger partial charge on any atom is 0.224 e. The maximum absolute atomic E-state index is 12.4. The second kappa shape index (κ2) is 10.3. The highest BCUT2D eigenvalue weighted by Gasteiger charge is 2.27. The number of nitrogens with one attached hydrogen (secondary N) is 1. The molecule has 138 valence electrons. The summed E-state index contributed by atoms with van der Waals surface area (Å²) in [6, 6.07) is 7.18. The minimum absolute atomic E-state index is 0.0745. The number of benzene rings is 1. The summed E-state index contributed by atoms with van der Waals surface area (Å²) >= 11 is 5.83. The fourth-order valence-electron chi connectivity index (χ4n) is 2.91. The summed E-state index contributed by atoms with van der Waals surface area (Å²) in [5.74, 6) is 0.857. The summed E-state index contributed by atoms with van der Waals surface area (Å²) in [5.41, 5.74) is 0. The van der Waals surface area contributed by atoms with Crippen LogP contribution in [0.15, 0.2) is 24.3 Å². The molecule has 1 aliphatic heterocycles. The molecule has 1 unspecified atom stereocenters. The lowest BCUT2D eigenvalue weighted by atomic mass is 9.96. The molecule has 0 radical (unpaired) electrons. The molecule has 5 nitrogen and oxygen atoms in total. The summed E-state index contributed by atoms with van der Waals surface area (Å²) in [7, 11) is 0. The van der Waals surface area contributed by atoms with Gasteiger partial charge in [-0.25, -0.2) is 0 Å². The van der Waals surface area contributed by atoms with Gasteiger partial charge in [-0.05, 0) is 49.9 Å². The molecule has 2 rings (SSSR count). The van der Waals surface area contributed by atoms with Crippen LogP contribution in [0.4, 0.5) is 0 Å². The smallest absolute Gasteiger partial charge is 0.224 e. The molecule has 0 saturated carbocycles. The number of nitrogens with zero attached hydrogens (tertiary/aromatic N) is 1. The van der Waals surface area contributed by atoms with E-state index in [1.54, 1.807) is 12.1 Å². The first-order chi connectivity index (χ1) is 12.1. The van der Waals surface area contributed by atoms with E-state index in [-0.39, 0.29) is 17.7 Å². The van der Waals surface area contributed by atoms with E-state index >= 15 is 0 Å². The van der Waals surface area contributed by atoms with Gasteiger partial charge in [0.15, 0.2) is 0 Å². The quantitative estimate of drug-likeness (QED) is 0.718. The topological polar surface area (TPSA) is 58.6 Å². The molecule has 0 aliphatic carbocycles. The monoisotopic (exact) mass is 366 g/mol. The Morgan fingerprint density at radius 1 is 1.32 bits per heavy atom. The number of piperidine rings is 1. The highest BCUT2D eigenvalue weighted by Crippen LogP contribution is 2.18. The number of hydrogen-bond donors (Lipinski definition) is 1. The standard InChI is InChI=1S/C19H27ClN2O3/c1-2-11-21-19(24)15-5-3-12-22(14-15)18(23)6-4-13-25-17-9-7-16(20)8-10-17/h7-10,15H,2-6,11-14H2,1H3,(H,21,24). The average molecular weight is 367 g/mol. The SMILES string of the molecule is CCCNC(=O)C1CCCN(C(=O)CCCOc2ccc(Cl)cc2)C1. The van der Waals surface area contributed by atoms with Crippen LogP contribution < -0.4 is 10.1 Å². The molecule has 0 aromatic heterocycles. The van der Waals surface area contributed by atoms with Crippen molar-refractivity contribution >= 4 is 23.4 Å². The van der Waals surface area contributed by atoms with E-state index in [9.17, 15) is 9.59 Å². The molecular formula is C19H27ClN2O3. The van der Waals surface area contributed by atoms with Gasteiger partial charge in [-0.3, -0.25) is 9.59 Å². The zero-order chi connectivity index (χ0) is 18.1. The molecule has 1 N–H and O–H groups in total. The summed E-state index contributed by atoms with van der Waals surface area (Å²) in [6.07, 6.45) is 3.77. The zero-order valence-corrected chi connectivity index (χ0v) is 15.6.